The van der Waals surface area contributed by atoms with E-state index in [9.17, 15) is 4.79 Å². The van der Waals surface area contributed by atoms with E-state index >= 15 is 0 Å². The van der Waals surface area contributed by atoms with Gasteiger partial charge in [-0.2, -0.15) is 4.99 Å². The van der Waals surface area contributed by atoms with Gasteiger partial charge in [0.25, 0.3) is 5.91 Å². The minimum absolute atomic E-state index is 0.224. The Hall–Kier alpha value is -2.27. The van der Waals surface area contributed by atoms with Crippen molar-refractivity contribution in [1.29, 1.82) is 0 Å². The van der Waals surface area contributed by atoms with E-state index in [1.807, 2.05) is 53.5 Å². The maximum absolute atomic E-state index is 12.7. The molecule has 0 saturated heterocycles. The topological polar surface area (TPSA) is 47.2 Å². The van der Waals surface area contributed by atoms with Crippen LogP contribution in [0.1, 0.15) is 35.8 Å². The fraction of sp³-hybridized carbons (Fsp3) is 0.235. The molecule has 0 aliphatic carbocycles. The average Bonchev–Trinajstić information content (AvgIpc) is 2.91. The number of hydrogen-bond donors (Lipinski definition) is 0. The van der Waals surface area contributed by atoms with Gasteiger partial charge in [0.15, 0.2) is 4.80 Å². The highest BCUT2D eigenvalue weighted by molar-refractivity contribution is 7.07. The van der Waals surface area contributed by atoms with Gasteiger partial charge in [-0.25, -0.2) is 0 Å². The number of pyridine rings is 1. The summed E-state index contributed by atoms with van der Waals surface area (Å²) in [6, 6.07) is 9.57. The molecule has 0 fully saturated rings. The number of amides is 1. The number of fused-ring (bicyclic) bond motifs is 1. The lowest BCUT2D eigenvalue weighted by Gasteiger charge is -2.09. The highest BCUT2D eigenvalue weighted by atomic mass is 32.1. The van der Waals surface area contributed by atoms with Crippen molar-refractivity contribution < 1.29 is 4.79 Å². The quantitative estimate of drug-likeness (QED) is 0.727. The van der Waals surface area contributed by atoms with Crippen molar-refractivity contribution in [2.75, 3.05) is 0 Å². The van der Waals surface area contributed by atoms with Crippen LogP contribution in [0.25, 0.3) is 10.9 Å². The molecular formula is C17H17N3OS. The van der Waals surface area contributed by atoms with Gasteiger partial charge in [0.2, 0.25) is 0 Å². The highest BCUT2D eigenvalue weighted by Crippen LogP contribution is 2.23. The van der Waals surface area contributed by atoms with E-state index in [0.717, 1.165) is 16.6 Å². The molecule has 0 aliphatic heterocycles. The number of benzene rings is 1. The first-order valence-electron chi connectivity index (χ1n) is 7.15. The summed E-state index contributed by atoms with van der Waals surface area (Å²) in [5.41, 5.74) is 2.36. The fourth-order valence-electron chi connectivity index (χ4n) is 2.25. The van der Waals surface area contributed by atoms with E-state index in [4.69, 9.17) is 0 Å². The number of aryl methyl sites for hydroxylation is 1. The molecule has 4 nitrogen and oxygen atoms in total. The van der Waals surface area contributed by atoms with Crippen molar-refractivity contribution in [3.05, 3.63) is 58.0 Å². The van der Waals surface area contributed by atoms with Crippen LogP contribution in [0, 0.1) is 0 Å². The van der Waals surface area contributed by atoms with Crippen molar-refractivity contribution in [1.82, 2.24) is 9.55 Å². The Morgan fingerprint density at radius 3 is 2.77 bits per heavy atom. The van der Waals surface area contributed by atoms with Crippen LogP contribution < -0.4 is 4.80 Å². The smallest absolute Gasteiger partial charge is 0.280 e. The third kappa shape index (κ3) is 2.72. The predicted molar refractivity (Wildman–Crippen MR) is 89.0 cm³/mol. The summed E-state index contributed by atoms with van der Waals surface area (Å²) >= 11 is 1.45. The van der Waals surface area contributed by atoms with Gasteiger partial charge in [-0.3, -0.25) is 9.78 Å². The SMILES string of the molecule is CC(C)c1cc(C(=O)N=c2sccn2C)c2ccccc2n1. The lowest BCUT2D eigenvalue weighted by Crippen LogP contribution is -2.13. The van der Waals surface area contributed by atoms with Gasteiger partial charge in [0, 0.05) is 29.7 Å². The van der Waals surface area contributed by atoms with Crippen LogP contribution >= 0.6 is 11.3 Å². The number of thiazole rings is 1. The maximum Gasteiger partial charge on any atom is 0.280 e. The second-order valence-corrected chi connectivity index (χ2v) is 6.35. The summed E-state index contributed by atoms with van der Waals surface area (Å²) < 4.78 is 1.84. The molecule has 0 bridgehead atoms. The van der Waals surface area contributed by atoms with Crippen molar-refractivity contribution in [2.24, 2.45) is 12.0 Å². The number of aromatic nitrogens is 2. The van der Waals surface area contributed by atoms with E-state index in [2.05, 4.69) is 23.8 Å². The fourth-order valence-corrected chi connectivity index (χ4v) is 2.98. The Labute approximate surface area is 132 Å². The summed E-state index contributed by atoms with van der Waals surface area (Å²) in [7, 11) is 1.88. The maximum atomic E-state index is 12.7. The molecule has 0 spiro atoms. The third-order valence-corrected chi connectivity index (χ3v) is 4.36. The van der Waals surface area contributed by atoms with E-state index in [1.54, 1.807) is 0 Å². The van der Waals surface area contributed by atoms with Crippen LogP contribution in [-0.2, 0) is 7.05 Å². The predicted octanol–water partition coefficient (Wildman–Crippen LogP) is 3.50. The molecule has 3 aromatic rings. The second-order valence-electron chi connectivity index (χ2n) is 5.48. The number of carbonyl (C=O) groups is 1. The van der Waals surface area contributed by atoms with Gasteiger partial charge in [0.05, 0.1) is 11.1 Å². The summed E-state index contributed by atoms with van der Waals surface area (Å²) in [6.07, 6.45) is 1.89. The monoisotopic (exact) mass is 311 g/mol. The van der Waals surface area contributed by atoms with E-state index in [-0.39, 0.29) is 11.8 Å². The first-order chi connectivity index (χ1) is 10.6. The van der Waals surface area contributed by atoms with E-state index in [1.165, 1.54) is 11.3 Å². The summed E-state index contributed by atoms with van der Waals surface area (Å²) in [4.78, 5) is 22.2. The molecule has 2 aromatic heterocycles. The van der Waals surface area contributed by atoms with Gasteiger partial charge < -0.3 is 4.57 Å². The molecule has 1 aromatic carbocycles. The molecule has 0 unspecified atom stereocenters. The zero-order valence-electron chi connectivity index (χ0n) is 12.8. The Balaban J connectivity index is 2.21. The Morgan fingerprint density at radius 1 is 1.32 bits per heavy atom. The molecule has 2 heterocycles. The molecule has 1 amide bonds. The molecule has 112 valence electrons. The van der Waals surface area contributed by atoms with Crippen molar-refractivity contribution in [3.8, 4) is 0 Å². The summed E-state index contributed by atoms with van der Waals surface area (Å²) in [5, 5.41) is 2.76. The number of carbonyl (C=O) groups excluding carboxylic acids is 1. The van der Waals surface area contributed by atoms with Gasteiger partial charge in [0.1, 0.15) is 0 Å². The Kier molecular flexibility index (Phi) is 3.90. The molecule has 0 N–H and O–H groups in total. The minimum atomic E-state index is -0.224. The molecule has 0 radical (unpaired) electrons. The molecule has 0 atom stereocenters. The molecule has 22 heavy (non-hydrogen) atoms. The lowest BCUT2D eigenvalue weighted by atomic mass is 10.0. The van der Waals surface area contributed by atoms with Crippen molar-refractivity contribution in [3.63, 3.8) is 0 Å². The molecule has 3 rings (SSSR count). The Bertz CT molecular complexity index is 905. The first kappa shape index (κ1) is 14.7. The van der Waals surface area contributed by atoms with Crippen LogP contribution in [0.15, 0.2) is 46.9 Å². The highest BCUT2D eigenvalue weighted by Gasteiger charge is 2.14. The van der Waals surface area contributed by atoms with Crippen LogP contribution in [0.3, 0.4) is 0 Å². The molecule has 5 heteroatoms. The molecular weight excluding hydrogens is 294 g/mol. The normalized spacial score (nSPS) is 12.3. The number of para-hydroxylation sites is 1. The molecule has 0 saturated carbocycles. The van der Waals surface area contributed by atoms with Crippen LogP contribution in [0.2, 0.25) is 0 Å². The van der Waals surface area contributed by atoms with Crippen LogP contribution in [0.5, 0.6) is 0 Å². The average molecular weight is 311 g/mol. The number of rotatable bonds is 2. The van der Waals surface area contributed by atoms with Crippen molar-refractivity contribution in [2.45, 2.75) is 19.8 Å². The largest absolute Gasteiger partial charge is 0.327 e. The zero-order chi connectivity index (χ0) is 15.7. The van der Waals surface area contributed by atoms with Crippen LogP contribution in [0.4, 0.5) is 0 Å². The van der Waals surface area contributed by atoms with Crippen molar-refractivity contribution >= 4 is 28.1 Å². The van der Waals surface area contributed by atoms with Gasteiger partial charge in [-0.05, 0) is 18.1 Å². The van der Waals surface area contributed by atoms with Gasteiger partial charge >= 0.3 is 0 Å². The van der Waals surface area contributed by atoms with Gasteiger partial charge in [-0.1, -0.05) is 32.0 Å². The standard InChI is InChI=1S/C17H17N3OS/c1-11(2)15-10-13(12-6-4-5-7-14(12)18-15)16(21)19-17-20(3)8-9-22-17/h4-11H,1-3H3. The van der Waals surface area contributed by atoms with E-state index < -0.39 is 0 Å². The van der Waals surface area contributed by atoms with E-state index in [0.29, 0.717) is 10.4 Å². The Morgan fingerprint density at radius 2 is 2.09 bits per heavy atom. The number of hydrogen-bond acceptors (Lipinski definition) is 3. The summed E-state index contributed by atoms with van der Waals surface area (Å²) in [6.45, 7) is 4.14. The zero-order valence-corrected chi connectivity index (χ0v) is 13.6. The second kappa shape index (κ2) is 5.85. The number of nitrogens with zero attached hydrogens (tertiary/aromatic N) is 3. The third-order valence-electron chi connectivity index (χ3n) is 3.51. The lowest BCUT2D eigenvalue weighted by molar-refractivity contribution is 0.0999. The first-order valence-corrected chi connectivity index (χ1v) is 8.03. The van der Waals surface area contributed by atoms with Crippen LogP contribution in [-0.4, -0.2) is 15.5 Å². The molecule has 0 aliphatic rings. The minimum Gasteiger partial charge on any atom is -0.327 e. The summed E-state index contributed by atoms with van der Waals surface area (Å²) in [5.74, 6) is 0.0348. The van der Waals surface area contributed by atoms with Gasteiger partial charge in [-0.15, -0.1) is 11.3 Å².